The molecule has 100 valence electrons. The van der Waals surface area contributed by atoms with Crippen molar-refractivity contribution >= 4 is 5.82 Å². The molecule has 0 bridgehead atoms. The second-order valence-electron chi connectivity index (χ2n) is 5.11. The topological polar surface area (TPSA) is 51.0 Å². The van der Waals surface area contributed by atoms with Crippen LogP contribution in [0.4, 0.5) is 5.82 Å². The van der Waals surface area contributed by atoms with E-state index in [0.29, 0.717) is 11.7 Å². The van der Waals surface area contributed by atoms with Crippen molar-refractivity contribution < 1.29 is 4.42 Å². The molecule has 19 heavy (non-hydrogen) atoms. The summed E-state index contributed by atoms with van der Waals surface area (Å²) in [5.74, 6) is 3.84. The summed E-state index contributed by atoms with van der Waals surface area (Å²) in [6, 6.07) is 5.96. The van der Waals surface area contributed by atoms with Gasteiger partial charge in [0.25, 0.3) is 0 Å². The van der Waals surface area contributed by atoms with Gasteiger partial charge in [0.1, 0.15) is 11.6 Å². The predicted octanol–water partition coefficient (Wildman–Crippen LogP) is 3.74. The highest BCUT2D eigenvalue weighted by Crippen LogP contribution is 2.40. The first-order valence-corrected chi connectivity index (χ1v) is 6.96. The van der Waals surface area contributed by atoms with Gasteiger partial charge < -0.3 is 9.73 Å². The second kappa shape index (κ2) is 5.03. The van der Waals surface area contributed by atoms with Gasteiger partial charge in [-0.1, -0.05) is 6.92 Å². The molecule has 0 aromatic carbocycles. The molecule has 1 N–H and O–H groups in total. The first-order valence-electron chi connectivity index (χ1n) is 6.96. The van der Waals surface area contributed by atoms with E-state index in [1.807, 2.05) is 19.1 Å². The molecule has 1 aliphatic rings. The van der Waals surface area contributed by atoms with Gasteiger partial charge in [-0.2, -0.15) is 0 Å². The zero-order chi connectivity index (χ0) is 13.2. The van der Waals surface area contributed by atoms with Gasteiger partial charge >= 0.3 is 0 Å². The Hall–Kier alpha value is -1.84. The Balaban J connectivity index is 1.95. The summed E-state index contributed by atoms with van der Waals surface area (Å²) in [7, 11) is 0. The fraction of sp³-hybridized carbons (Fsp3) is 0.467. The molecule has 1 aliphatic carbocycles. The lowest BCUT2D eigenvalue weighted by Gasteiger charge is -2.08. The van der Waals surface area contributed by atoms with Crippen LogP contribution in [0, 0.1) is 6.92 Å². The zero-order valence-electron chi connectivity index (χ0n) is 11.4. The Morgan fingerprint density at radius 1 is 1.32 bits per heavy atom. The lowest BCUT2D eigenvalue weighted by Crippen LogP contribution is -2.05. The molecule has 3 rings (SSSR count). The van der Waals surface area contributed by atoms with Crippen molar-refractivity contribution in [3.63, 3.8) is 0 Å². The van der Waals surface area contributed by atoms with Gasteiger partial charge in [0.2, 0.25) is 0 Å². The van der Waals surface area contributed by atoms with Crippen LogP contribution in [0.15, 0.2) is 22.6 Å². The summed E-state index contributed by atoms with van der Waals surface area (Å²) in [5.41, 5.74) is 1.14. The molecular formula is C15H19N3O. The molecule has 0 spiro atoms. The van der Waals surface area contributed by atoms with Crippen molar-refractivity contribution in [2.24, 2.45) is 0 Å². The average molecular weight is 257 g/mol. The van der Waals surface area contributed by atoms with E-state index in [0.717, 1.165) is 36.0 Å². The van der Waals surface area contributed by atoms with Crippen LogP contribution in [0.3, 0.4) is 0 Å². The van der Waals surface area contributed by atoms with Gasteiger partial charge in [0, 0.05) is 24.2 Å². The maximum Gasteiger partial charge on any atom is 0.197 e. The van der Waals surface area contributed by atoms with E-state index in [9.17, 15) is 0 Å². The molecule has 0 radical (unpaired) electrons. The van der Waals surface area contributed by atoms with Gasteiger partial charge in [-0.15, -0.1) is 0 Å². The summed E-state index contributed by atoms with van der Waals surface area (Å²) in [5, 5.41) is 3.34. The summed E-state index contributed by atoms with van der Waals surface area (Å²) in [6.45, 7) is 5.01. The Labute approximate surface area is 113 Å². The molecule has 1 fully saturated rings. The normalized spacial score (nSPS) is 14.6. The lowest BCUT2D eigenvalue weighted by atomic mass is 10.2. The number of hydrogen-bond acceptors (Lipinski definition) is 4. The number of nitrogens with one attached hydrogen (secondary N) is 1. The Bertz CT molecular complexity index is 573. The molecular weight excluding hydrogens is 238 g/mol. The summed E-state index contributed by atoms with van der Waals surface area (Å²) in [4.78, 5) is 9.19. The van der Waals surface area contributed by atoms with Crippen LogP contribution in [-0.2, 0) is 0 Å². The van der Waals surface area contributed by atoms with Crippen molar-refractivity contribution in [2.45, 2.75) is 39.0 Å². The molecule has 4 heteroatoms. The minimum Gasteiger partial charge on any atom is -0.458 e. The third-order valence-electron chi connectivity index (χ3n) is 3.26. The van der Waals surface area contributed by atoms with Crippen molar-refractivity contribution in [1.82, 2.24) is 9.97 Å². The number of aryl methyl sites for hydroxylation is 1. The zero-order valence-corrected chi connectivity index (χ0v) is 11.4. The Morgan fingerprint density at radius 3 is 2.79 bits per heavy atom. The summed E-state index contributed by atoms with van der Waals surface area (Å²) >= 11 is 0. The van der Waals surface area contributed by atoms with E-state index in [2.05, 4.69) is 28.3 Å². The first-order chi connectivity index (χ1) is 9.26. The van der Waals surface area contributed by atoms with Gasteiger partial charge in [-0.25, -0.2) is 9.97 Å². The highest BCUT2D eigenvalue weighted by Gasteiger charge is 2.26. The fourth-order valence-electron chi connectivity index (χ4n) is 2.06. The maximum absolute atomic E-state index is 5.63. The van der Waals surface area contributed by atoms with Gasteiger partial charge in [-0.3, -0.25) is 0 Å². The molecule has 4 nitrogen and oxygen atoms in total. The van der Waals surface area contributed by atoms with Crippen LogP contribution < -0.4 is 5.32 Å². The van der Waals surface area contributed by atoms with Crippen molar-refractivity contribution in [3.05, 3.63) is 29.7 Å². The van der Waals surface area contributed by atoms with Crippen LogP contribution >= 0.6 is 0 Å². The number of hydrogen-bond donors (Lipinski definition) is 1. The van der Waals surface area contributed by atoms with E-state index in [1.165, 1.54) is 12.8 Å². The summed E-state index contributed by atoms with van der Waals surface area (Å²) in [6.07, 6.45) is 3.56. The number of aromatic nitrogens is 2. The predicted molar refractivity (Wildman–Crippen MR) is 75.2 cm³/mol. The average Bonchev–Trinajstić information content (AvgIpc) is 3.18. The first kappa shape index (κ1) is 12.2. The number of furan rings is 1. The quantitative estimate of drug-likeness (QED) is 0.886. The molecule has 1 saturated carbocycles. The van der Waals surface area contributed by atoms with Crippen LogP contribution in [0.2, 0.25) is 0 Å². The van der Waals surface area contributed by atoms with Crippen LogP contribution in [0.1, 0.15) is 43.6 Å². The highest BCUT2D eigenvalue weighted by molar-refractivity contribution is 5.52. The van der Waals surface area contributed by atoms with Crippen molar-refractivity contribution in [1.29, 1.82) is 0 Å². The standard InChI is InChI=1S/C15H19N3O/c1-3-8-16-14-9-12(11-5-6-11)17-15(18-14)13-7-4-10(2)19-13/h4,7,9,11H,3,5-6,8H2,1-2H3,(H,16,17,18). The minimum absolute atomic E-state index is 0.611. The molecule has 0 saturated heterocycles. The Kier molecular flexibility index (Phi) is 3.23. The van der Waals surface area contributed by atoms with Crippen LogP contribution in [-0.4, -0.2) is 16.5 Å². The molecule has 0 amide bonds. The van der Waals surface area contributed by atoms with Gasteiger partial charge in [0.05, 0.1) is 0 Å². The molecule has 0 unspecified atom stereocenters. The van der Waals surface area contributed by atoms with Crippen molar-refractivity contribution in [3.8, 4) is 11.6 Å². The van der Waals surface area contributed by atoms with Crippen LogP contribution in [0.5, 0.6) is 0 Å². The Morgan fingerprint density at radius 2 is 2.16 bits per heavy atom. The minimum atomic E-state index is 0.611. The van der Waals surface area contributed by atoms with Crippen molar-refractivity contribution in [2.75, 3.05) is 11.9 Å². The fourth-order valence-corrected chi connectivity index (χ4v) is 2.06. The largest absolute Gasteiger partial charge is 0.458 e. The molecule has 0 atom stereocenters. The van der Waals surface area contributed by atoms with E-state index < -0.39 is 0 Å². The van der Waals surface area contributed by atoms with E-state index in [-0.39, 0.29) is 0 Å². The monoisotopic (exact) mass is 257 g/mol. The number of rotatable bonds is 5. The smallest absolute Gasteiger partial charge is 0.197 e. The molecule has 0 aliphatic heterocycles. The number of anilines is 1. The maximum atomic E-state index is 5.63. The second-order valence-corrected chi connectivity index (χ2v) is 5.11. The lowest BCUT2D eigenvalue weighted by molar-refractivity contribution is 0.543. The SMILES string of the molecule is CCCNc1cc(C2CC2)nc(-c2ccc(C)o2)n1. The van der Waals surface area contributed by atoms with E-state index in [4.69, 9.17) is 4.42 Å². The molecule has 2 aromatic heterocycles. The molecule has 2 heterocycles. The van der Waals surface area contributed by atoms with Gasteiger partial charge in [0.15, 0.2) is 11.6 Å². The summed E-state index contributed by atoms with van der Waals surface area (Å²) < 4.78 is 5.63. The van der Waals surface area contributed by atoms with E-state index in [1.54, 1.807) is 0 Å². The number of nitrogens with zero attached hydrogens (tertiary/aromatic N) is 2. The molecule has 2 aromatic rings. The van der Waals surface area contributed by atoms with Crippen LogP contribution in [0.25, 0.3) is 11.6 Å². The highest BCUT2D eigenvalue weighted by atomic mass is 16.3. The van der Waals surface area contributed by atoms with E-state index >= 15 is 0 Å². The third-order valence-corrected chi connectivity index (χ3v) is 3.26. The van der Waals surface area contributed by atoms with Gasteiger partial charge in [-0.05, 0) is 38.3 Å². The third kappa shape index (κ3) is 2.78.